The van der Waals surface area contributed by atoms with E-state index in [1.807, 2.05) is 11.3 Å². The fraction of sp³-hybridized carbons (Fsp3) is 0.824. The van der Waals surface area contributed by atoms with Crippen molar-refractivity contribution in [2.75, 3.05) is 18.0 Å². The molecule has 0 amide bonds. The molecule has 4 heteroatoms. The van der Waals surface area contributed by atoms with Crippen LogP contribution in [-0.4, -0.2) is 23.6 Å². The Morgan fingerprint density at radius 2 is 1.90 bits per heavy atom. The summed E-state index contributed by atoms with van der Waals surface area (Å²) in [6.07, 6.45) is 2.24. The second-order valence-electron chi connectivity index (χ2n) is 6.88. The van der Waals surface area contributed by atoms with Crippen LogP contribution in [0.2, 0.25) is 0 Å². The van der Waals surface area contributed by atoms with Gasteiger partial charge in [-0.15, -0.1) is 11.3 Å². The maximum Gasteiger partial charge on any atom is 0.185 e. The van der Waals surface area contributed by atoms with Crippen LogP contribution in [0.5, 0.6) is 0 Å². The van der Waals surface area contributed by atoms with Crippen LogP contribution in [-0.2, 0) is 13.0 Å². The second kappa shape index (κ2) is 8.14. The summed E-state index contributed by atoms with van der Waals surface area (Å²) in [7, 11) is 0. The Kier molecular flexibility index (Phi) is 7.14. The molecule has 1 aromatic heterocycles. The quantitative estimate of drug-likeness (QED) is 0.768. The second-order valence-corrected chi connectivity index (χ2v) is 7.94. The first-order valence-corrected chi connectivity index (χ1v) is 9.10. The summed E-state index contributed by atoms with van der Waals surface area (Å²) in [6, 6.07) is 0. The Morgan fingerprint density at radius 1 is 1.24 bits per heavy atom. The van der Waals surface area contributed by atoms with E-state index in [1.54, 1.807) is 0 Å². The molecule has 0 saturated heterocycles. The largest absolute Gasteiger partial charge is 0.348 e. The number of anilines is 1. The third-order valence-electron chi connectivity index (χ3n) is 3.76. The molecule has 21 heavy (non-hydrogen) atoms. The van der Waals surface area contributed by atoms with Crippen molar-refractivity contribution in [1.82, 2.24) is 10.3 Å². The van der Waals surface area contributed by atoms with E-state index in [9.17, 15) is 0 Å². The standard InChI is InChI=1S/C17H33N3S/c1-8-13(4)12-20(10-3)16-19-14(9-2)15(21-16)11-18-17(5,6)7/h13,18H,8-12H2,1-7H3. The molecule has 1 N–H and O–H groups in total. The first-order chi connectivity index (χ1) is 9.80. The predicted molar refractivity (Wildman–Crippen MR) is 95.4 cm³/mol. The first-order valence-electron chi connectivity index (χ1n) is 8.29. The molecule has 0 aliphatic heterocycles. The number of hydrogen-bond acceptors (Lipinski definition) is 4. The van der Waals surface area contributed by atoms with Gasteiger partial charge in [-0.1, -0.05) is 27.2 Å². The van der Waals surface area contributed by atoms with Crippen molar-refractivity contribution < 1.29 is 0 Å². The van der Waals surface area contributed by atoms with E-state index in [0.29, 0.717) is 0 Å². The van der Waals surface area contributed by atoms with Gasteiger partial charge < -0.3 is 10.2 Å². The maximum atomic E-state index is 4.89. The van der Waals surface area contributed by atoms with Gasteiger partial charge in [0.1, 0.15) is 0 Å². The van der Waals surface area contributed by atoms with Gasteiger partial charge in [-0.25, -0.2) is 4.98 Å². The molecule has 1 atom stereocenters. The van der Waals surface area contributed by atoms with Crippen LogP contribution in [0, 0.1) is 5.92 Å². The van der Waals surface area contributed by atoms with Crippen molar-refractivity contribution in [2.45, 2.75) is 73.4 Å². The average molecular weight is 312 g/mol. The molecule has 3 nitrogen and oxygen atoms in total. The molecule has 0 bridgehead atoms. The molecule has 0 aliphatic carbocycles. The molecular formula is C17H33N3S. The number of aryl methyl sites for hydroxylation is 1. The van der Waals surface area contributed by atoms with Gasteiger partial charge in [0.2, 0.25) is 0 Å². The van der Waals surface area contributed by atoms with Gasteiger partial charge in [-0.05, 0) is 40.0 Å². The zero-order chi connectivity index (χ0) is 16.0. The summed E-state index contributed by atoms with van der Waals surface area (Å²) in [5.74, 6) is 0.718. The third-order valence-corrected chi connectivity index (χ3v) is 4.92. The molecule has 1 aromatic rings. The summed E-state index contributed by atoms with van der Waals surface area (Å²) in [5.41, 5.74) is 1.41. The molecule has 0 saturated carbocycles. The highest BCUT2D eigenvalue weighted by atomic mass is 32.1. The Bertz CT molecular complexity index is 420. The fourth-order valence-electron chi connectivity index (χ4n) is 2.11. The molecule has 0 radical (unpaired) electrons. The van der Waals surface area contributed by atoms with Crippen LogP contribution in [0.15, 0.2) is 0 Å². The van der Waals surface area contributed by atoms with Crippen LogP contribution >= 0.6 is 11.3 Å². The maximum absolute atomic E-state index is 4.89. The lowest BCUT2D eigenvalue weighted by Gasteiger charge is -2.23. The van der Waals surface area contributed by atoms with Crippen LogP contribution in [0.4, 0.5) is 5.13 Å². The van der Waals surface area contributed by atoms with Crippen molar-refractivity contribution in [3.8, 4) is 0 Å². The smallest absolute Gasteiger partial charge is 0.185 e. The van der Waals surface area contributed by atoms with Crippen LogP contribution < -0.4 is 10.2 Å². The minimum absolute atomic E-state index is 0.149. The van der Waals surface area contributed by atoms with Gasteiger partial charge in [0.25, 0.3) is 0 Å². The van der Waals surface area contributed by atoms with Crippen LogP contribution in [0.25, 0.3) is 0 Å². The number of aromatic nitrogens is 1. The monoisotopic (exact) mass is 311 g/mol. The highest BCUT2D eigenvalue weighted by molar-refractivity contribution is 7.15. The average Bonchev–Trinajstić information content (AvgIpc) is 2.84. The highest BCUT2D eigenvalue weighted by Crippen LogP contribution is 2.28. The normalized spacial score (nSPS) is 13.5. The minimum Gasteiger partial charge on any atom is -0.348 e. The SMILES string of the molecule is CCc1nc(N(CC)CC(C)CC)sc1CNC(C)(C)C. The van der Waals surface area contributed by atoms with Gasteiger partial charge in [0.05, 0.1) is 5.69 Å². The number of hydrogen-bond donors (Lipinski definition) is 1. The van der Waals surface area contributed by atoms with Crippen molar-refractivity contribution in [3.63, 3.8) is 0 Å². The van der Waals surface area contributed by atoms with E-state index >= 15 is 0 Å². The summed E-state index contributed by atoms with van der Waals surface area (Å²) < 4.78 is 0. The van der Waals surface area contributed by atoms with Crippen molar-refractivity contribution in [3.05, 3.63) is 10.6 Å². The minimum atomic E-state index is 0.149. The van der Waals surface area contributed by atoms with E-state index in [0.717, 1.165) is 32.0 Å². The van der Waals surface area contributed by atoms with E-state index in [-0.39, 0.29) is 5.54 Å². The van der Waals surface area contributed by atoms with Crippen molar-refractivity contribution in [1.29, 1.82) is 0 Å². The van der Waals surface area contributed by atoms with Gasteiger partial charge in [0, 0.05) is 30.1 Å². The Hall–Kier alpha value is -0.610. The summed E-state index contributed by atoms with van der Waals surface area (Å²) in [5, 5.41) is 4.78. The first kappa shape index (κ1) is 18.4. The number of nitrogens with zero attached hydrogens (tertiary/aromatic N) is 2. The Labute approximate surface area is 135 Å². The van der Waals surface area contributed by atoms with Gasteiger partial charge in [-0.3, -0.25) is 0 Å². The predicted octanol–water partition coefficient (Wildman–Crippen LogP) is 4.47. The zero-order valence-electron chi connectivity index (χ0n) is 14.9. The van der Waals surface area contributed by atoms with E-state index < -0.39 is 0 Å². The van der Waals surface area contributed by atoms with Gasteiger partial charge in [-0.2, -0.15) is 0 Å². The van der Waals surface area contributed by atoms with Gasteiger partial charge >= 0.3 is 0 Å². The molecule has 122 valence electrons. The number of nitrogens with one attached hydrogen (secondary N) is 1. The lowest BCUT2D eigenvalue weighted by molar-refractivity contribution is 0.425. The fourth-order valence-corrected chi connectivity index (χ4v) is 3.27. The number of thiazole rings is 1. The van der Waals surface area contributed by atoms with Crippen LogP contribution in [0.3, 0.4) is 0 Å². The highest BCUT2D eigenvalue weighted by Gasteiger charge is 2.17. The van der Waals surface area contributed by atoms with Crippen LogP contribution in [0.1, 0.15) is 65.5 Å². The lowest BCUT2D eigenvalue weighted by Crippen LogP contribution is -2.35. The molecule has 0 fully saturated rings. The van der Waals surface area contributed by atoms with Crippen molar-refractivity contribution >= 4 is 16.5 Å². The number of rotatable bonds is 8. The lowest BCUT2D eigenvalue weighted by atomic mass is 10.1. The summed E-state index contributed by atoms with van der Waals surface area (Å²) in [6.45, 7) is 18.7. The molecule has 1 unspecified atom stereocenters. The van der Waals surface area contributed by atoms with E-state index in [4.69, 9.17) is 4.98 Å². The molecule has 1 heterocycles. The molecular weight excluding hydrogens is 278 g/mol. The molecule has 0 aromatic carbocycles. The Morgan fingerprint density at radius 3 is 2.38 bits per heavy atom. The molecule has 0 spiro atoms. The molecule has 0 aliphatic rings. The summed E-state index contributed by atoms with van der Waals surface area (Å²) in [4.78, 5) is 8.72. The zero-order valence-corrected chi connectivity index (χ0v) is 15.7. The van der Waals surface area contributed by atoms with E-state index in [1.165, 1.54) is 22.1 Å². The Balaban J connectivity index is 2.85. The topological polar surface area (TPSA) is 28.2 Å². The molecule has 1 rings (SSSR count). The summed E-state index contributed by atoms with van der Waals surface area (Å²) >= 11 is 1.86. The van der Waals surface area contributed by atoms with Gasteiger partial charge in [0.15, 0.2) is 5.13 Å². The third kappa shape index (κ3) is 5.95. The van der Waals surface area contributed by atoms with E-state index in [2.05, 4.69) is 58.7 Å². The van der Waals surface area contributed by atoms with Crippen molar-refractivity contribution in [2.24, 2.45) is 5.92 Å².